The summed E-state index contributed by atoms with van der Waals surface area (Å²) in [7, 11) is 0. The van der Waals surface area contributed by atoms with Crippen molar-refractivity contribution < 1.29 is 4.74 Å². The van der Waals surface area contributed by atoms with Crippen molar-refractivity contribution in [1.29, 1.82) is 0 Å². The van der Waals surface area contributed by atoms with E-state index in [2.05, 4.69) is 51.2 Å². The van der Waals surface area contributed by atoms with E-state index in [0.717, 1.165) is 32.6 Å². The number of hydrogen-bond acceptors (Lipinski definition) is 2. The molecule has 1 N–H and O–H groups in total. The number of hydrogen-bond donors (Lipinski definition) is 1. The lowest BCUT2D eigenvalue weighted by Gasteiger charge is -2.20. The van der Waals surface area contributed by atoms with Gasteiger partial charge < -0.3 is 10.1 Å². The van der Waals surface area contributed by atoms with Crippen molar-refractivity contribution >= 4 is 0 Å². The second-order valence-electron chi connectivity index (χ2n) is 4.87. The van der Waals surface area contributed by atoms with Gasteiger partial charge in [0, 0.05) is 19.3 Å². The predicted molar refractivity (Wildman–Crippen MR) is 78.1 cm³/mol. The Labute approximate surface area is 112 Å². The highest BCUT2D eigenvalue weighted by atomic mass is 16.5. The molecule has 0 aliphatic carbocycles. The summed E-state index contributed by atoms with van der Waals surface area (Å²) in [6.45, 7) is 11.3. The highest BCUT2D eigenvalue weighted by Crippen LogP contribution is 2.21. The molecule has 2 heteroatoms. The molecular formula is C16H27NO. The second-order valence-corrected chi connectivity index (χ2v) is 4.87. The monoisotopic (exact) mass is 249 g/mol. The molecule has 0 saturated heterocycles. The zero-order valence-corrected chi connectivity index (χ0v) is 12.3. The van der Waals surface area contributed by atoms with E-state index in [1.54, 1.807) is 0 Å². The fourth-order valence-electron chi connectivity index (χ4n) is 2.28. The van der Waals surface area contributed by atoms with E-state index in [1.165, 1.54) is 16.7 Å². The maximum absolute atomic E-state index is 5.60. The first-order valence-corrected chi connectivity index (χ1v) is 7.07. The standard InChI is InChI=1S/C16H27NO/c1-5-10-18-11-9-16(17-6-2)15-8-7-13(3)12-14(15)4/h7-8,12,16-17H,5-6,9-11H2,1-4H3. The normalized spacial score (nSPS) is 12.7. The highest BCUT2D eigenvalue weighted by Gasteiger charge is 2.12. The van der Waals surface area contributed by atoms with Crippen LogP contribution >= 0.6 is 0 Å². The van der Waals surface area contributed by atoms with Crippen LogP contribution in [0, 0.1) is 13.8 Å². The van der Waals surface area contributed by atoms with Gasteiger partial charge in [0.2, 0.25) is 0 Å². The van der Waals surface area contributed by atoms with Crippen molar-refractivity contribution in [3.8, 4) is 0 Å². The number of aryl methyl sites for hydroxylation is 2. The molecule has 0 aromatic heterocycles. The highest BCUT2D eigenvalue weighted by molar-refractivity contribution is 5.32. The van der Waals surface area contributed by atoms with Gasteiger partial charge in [-0.1, -0.05) is 37.6 Å². The Morgan fingerprint density at radius 2 is 1.94 bits per heavy atom. The summed E-state index contributed by atoms with van der Waals surface area (Å²) < 4.78 is 5.60. The number of ether oxygens (including phenoxy) is 1. The van der Waals surface area contributed by atoms with Crippen molar-refractivity contribution in [1.82, 2.24) is 5.32 Å². The summed E-state index contributed by atoms with van der Waals surface area (Å²) in [5.41, 5.74) is 4.10. The smallest absolute Gasteiger partial charge is 0.0484 e. The molecule has 1 aromatic rings. The molecule has 0 fully saturated rings. The third-order valence-electron chi connectivity index (χ3n) is 3.15. The van der Waals surface area contributed by atoms with Crippen LogP contribution in [0.3, 0.4) is 0 Å². The molecule has 102 valence electrons. The van der Waals surface area contributed by atoms with Crippen molar-refractivity contribution in [2.75, 3.05) is 19.8 Å². The molecule has 1 unspecified atom stereocenters. The quantitative estimate of drug-likeness (QED) is 0.708. The summed E-state index contributed by atoms with van der Waals surface area (Å²) in [5.74, 6) is 0. The van der Waals surface area contributed by atoms with Crippen LogP contribution in [0.15, 0.2) is 18.2 Å². The number of rotatable bonds is 8. The first-order valence-electron chi connectivity index (χ1n) is 7.07. The van der Waals surface area contributed by atoms with Gasteiger partial charge in [-0.3, -0.25) is 0 Å². The topological polar surface area (TPSA) is 21.3 Å². The Morgan fingerprint density at radius 1 is 1.17 bits per heavy atom. The molecule has 0 bridgehead atoms. The van der Waals surface area contributed by atoms with E-state index in [4.69, 9.17) is 4.74 Å². The molecule has 1 atom stereocenters. The van der Waals surface area contributed by atoms with Crippen molar-refractivity contribution in [2.45, 2.75) is 46.6 Å². The fourth-order valence-corrected chi connectivity index (χ4v) is 2.28. The average molecular weight is 249 g/mol. The van der Waals surface area contributed by atoms with E-state index < -0.39 is 0 Å². The van der Waals surface area contributed by atoms with E-state index in [9.17, 15) is 0 Å². The predicted octanol–water partition coefficient (Wildman–Crippen LogP) is 3.77. The van der Waals surface area contributed by atoms with Gasteiger partial charge in [-0.15, -0.1) is 0 Å². The Bertz CT molecular complexity index is 349. The first kappa shape index (κ1) is 15.2. The van der Waals surface area contributed by atoms with Gasteiger partial charge in [0.15, 0.2) is 0 Å². The molecule has 1 aromatic carbocycles. The average Bonchev–Trinajstić information content (AvgIpc) is 2.34. The van der Waals surface area contributed by atoms with Gasteiger partial charge in [0.05, 0.1) is 0 Å². The molecular weight excluding hydrogens is 222 g/mol. The van der Waals surface area contributed by atoms with Crippen LogP contribution in [-0.4, -0.2) is 19.8 Å². The summed E-state index contributed by atoms with van der Waals surface area (Å²) in [6, 6.07) is 7.11. The van der Waals surface area contributed by atoms with E-state index >= 15 is 0 Å². The maximum Gasteiger partial charge on any atom is 0.0484 e. The minimum atomic E-state index is 0.410. The van der Waals surface area contributed by atoms with Crippen molar-refractivity contribution in [3.63, 3.8) is 0 Å². The zero-order valence-electron chi connectivity index (χ0n) is 12.3. The molecule has 0 amide bonds. The minimum Gasteiger partial charge on any atom is -0.381 e. The van der Waals surface area contributed by atoms with Gasteiger partial charge in [-0.05, 0) is 44.4 Å². The Hall–Kier alpha value is -0.860. The summed E-state index contributed by atoms with van der Waals surface area (Å²) in [5, 5.41) is 3.56. The van der Waals surface area contributed by atoms with Crippen LogP contribution in [-0.2, 0) is 4.74 Å². The van der Waals surface area contributed by atoms with Gasteiger partial charge in [0.25, 0.3) is 0 Å². The molecule has 0 heterocycles. The summed E-state index contributed by atoms with van der Waals surface area (Å²) >= 11 is 0. The van der Waals surface area contributed by atoms with Gasteiger partial charge in [-0.2, -0.15) is 0 Å². The van der Waals surface area contributed by atoms with Crippen molar-refractivity contribution in [2.24, 2.45) is 0 Å². The van der Waals surface area contributed by atoms with E-state index in [0.29, 0.717) is 6.04 Å². The Kier molecular flexibility index (Phi) is 6.99. The van der Waals surface area contributed by atoms with Crippen LogP contribution in [0.5, 0.6) is 0 Å². The van der Waals surface area contributed by atoms with Crippen LogP contribution in [0.2, 0.25) is 0 Å². The molecule has 18 heavy (non-hydrogen) atoms. The van der Waals surface area contributed by atoms with E-state index in [-0.39, 0.29) is 0 Å². The molecule has 0 spiro atoms. The summed E-state index contributed by atoms with van der Waals surface area (Å²) in [4.78, 5) is 0. The number of benzene rings is 1. The number of nitrogens with one attached hydrogen (secondary N) is 1. The minimum absolute atomic E-state index is 0.410. The lowest BCUT2D eigenvalue weighted by molar-refractivity contribution is 0.124. The molecule has 0 aliphatic heterocycles. The van der Waals surface area contributed by atoms with Gasteiger partial charge >= 0.3 is 0 Å². The third kappa shape index (κ3) is 4.79. The first-order chi connectivity index (χ1) is 8.69. The second kappa shape index (κ2) is 8.28. The van der Waals surface area contributed by atoms with Crippen LogP contribution in [0.1, 0.15) is 49.4 Å². The van der Waals surface area contributed by atoms with Crippen LogP contribution in [0.25, 0.3) is 0 Å². The van der Waals surface area contributed by atoms with Gasteiger partial charge in [-0.25, -0.2) is 0 Å². The van der Waals surface area contributed by atoms with Crippen LogP contribution in [0.4, 0.5) is 0 Å². The third-order valence-corrected chi connectivity index (χ3v) is 3.15. The van der Waals surface area contributed by atoms with Crippen molar-refractivity contribution in [3.05, 3.63) is 34.9 Å². The molecule has 1 rings (SSSR count). The molecule has 0 saturated carbocycles. The van der Waals surface area contributed by atoms with Crippen LogP contribution < -0.4 is 5.32 Å². The Balaban J connectivity index is 2.64. The molecule has 0 radical (unpaired) electrons. The maximum atomic E-state index is 5.60. The van der Waals surface area contributed by atoms with E-state index in [1.807, 2.05) is 0 Å². The fraction of sp³-hybridized carbons (Fsp3) is 0.625. The van der Waals surface area contributed by atoms with Gasteiger partial charge in [0.1, 0.15) is 0 Å². The largest absolute Gasteiger partial charge is 0.381 e. The SMILES string of the molecule is CCCOCCC(NCC)c1ccc(C)cc1C. The molecule has 2 nitrogen and oxygen atoms in total. The zero-order chi connectivity index (χ0) is 13.4. The Morgan fingerprint density at radius 3 is 2.56 bits per heavy atom. The lowest BCUT2D eigenvalue weighted by Crippen LogP contribution is -2.23. The summed E-state index contributed by atoms with van der Waals surface area (Å²) in [6.07, 6.45) is 2.13. The lowest BCUT2D eigenvalue weighted by atomic mass is 9.97. The molecule has 0 aliphatic rings.